The lowest BCUT2D eigenvalue weighted by molar-refractivity contribution is -0.159. The maximum absolute atomic E-state index is 4.99. The summed E-state index contributed by atoms with van der Waals surface area (Å²) in [6.45, 7) is 4.69. The Kier molecular flexibility index (Phi) is 6.12. The van der Waals surface area contributed by atoms with Crippen LogP contribution in [-0.4, -0.2) is 7.11 Å². The first-order valence-electron chi connectivity index (χ1n) is 4.20. The quantitative estimate of drug-likeness (QED) is 0.594. The summed E-state index contributed by atoms with van der Waals surface area (Å²) >= 11 is 0. The van der Waals surface area contributed by atoms with Crippen LogP contribution >= 0.6 is 0 Å². The van der Waals surface area contributed by atoms with Crippen LogP contribution in [0.15, 0.2) is 18.2 Å². The first-order chi connectivity index (χ1) is 6.24. The second kappa shape index (κ2) is 6.54. The molecule has 0 spiro atoms. The van der Waals surface area contributed by atoms with Crippen LogP contribution in [0, 0.1) is 13.8 Å². The lowest BCUT2D eigenvalue weighted by atomic mass is 10.1. The minimum atomic E-state index is 0. The highest BCUT2D eigenvalue weighted by Gasteiger charge is 1.96. The van der Waals surface area contributed by atoms with Gasteiger partial charge in [0.2, 0.25) is 0 Å². The molecule has 0 radical (unpaired) electrons. The van der Waals surface area contributed by atoms with Crippen LogP contribution in [0.3, 0.4) is 0 Å². The van der Waals surface area contributed by atoms with Gasteiger partial charge in [-0.05, 0) is 30.5 Å². The van der Waals surface area contributed by atoms with Crippen molar-refractivity contribution in [1.82, 2.24) is 5.64 Å². The van der Waals surface area contributed by atoms with Gasteiger partial charge in [0, 0.05) is 0 Å². The van der Waals surface area contributed by atoms with E-state index in [1.807, 2.05) is 6.07 Å². The average molecular weight is 197 g/mol. The molecule has 0 heterocycles. The van der Waals surface area contributed by atoms with Crippen LogP contribution in [-0.2, 0) is 16.3 Å². The van der Waals surface area contributed by atoms with E-state index in [2.05, 4.69) is 36.5 Å². The maximum Gasteiger partial charge on any atom is 0.0960 e. The highest BCUT2D eigenvalue weighted by molar-refractivity contribution is 5.29. The molecule has 0 unspecified atom stereocenters. The van der Waals surface area contributed by atoms with Crippen LogP contribution < -0.4 is 5.64 Å². The Morgan fingerprint density at radius 2 is 1.93 bits per heavy atom. The largest absolute Gasteiger partial charge is 0.280 e. The van der Waals surface area contributed by atoms with Crippen molar-refractivity contribution in [3.63, 3.8) is 0 Å². The molecule has 14 heavy (non-hydrogen) atoms. The van der Waals surface area contributed by atoms with Crippen molar-refractivity contribution < 1.29 is 9.68 Å². The number of hydrogen-bond donors (Lipinski definition) is 1. The molecule has 0 amide bonds. The highest BCUT2D eigenvalue weighted by atomic mass is 16.9. The van der Waals surface area contributed by atoms with Crippen LogP contribution in [0.5, 0.6) is 0 Å². The molecule has 0 aromatic heterocycles. The molecule has 0 saturated heterocycles. The number of hydrogen-bond acceptors (Lipinski definition) is 3. The average Bonchev–Trinajstić information content (AvgIpc) is 2.12. The number of nitrogens with one attached hydrogen (secondary N) is 1. The molecule has 0 fully saturated rings. The third-order valence-electron chi connectivity index (χ3n) is 1.95. The maximum atomic E-state index is 4.99. The monoisotopic (exact) mass is 197 g/mol. The van der Waals surface area contributed by atoms with Crippen molar-refractivity contribution >= 4 is 0 Å². The van der Waals surface area contributed by atoms with E-state index in [0.717, 1.165) is 5.56 Å². The topological polar surface area (TPSA) is 30.5 Å². The van der Waals surface area contributed by atoms with E-state index < -0.39 is 0 Å². The van der Waals surface area contributed by atoms with E-state index in [1.165, 1.54) is 18.2 Å². The predicted molar refractivity (Wildman–Crippen MR) is 57.6 cm³/mol. The molecular formula is C11H19NO2. The molecule has 1 aromatic carbocycles. The molecular weight excluding hydrogens is 178 g/mol. The SMILES string of the molecule is C.CONOCc1ccc(C)c(C)c1. The van der Waals surface area contributed by atoms with Gasteiger partial charge >= 0.3 is 0 Å². The zero-order valence-electron chi connectivity index (χ0n) is 8.26. The number of benzene rings is 1. The first-order valence-corrected chi connectivity index (χ1v) is 4.20. The Hall–Kier alpha value is -0.900. The Balaban J connectivity index is 0.00000169. The molecule has 1 rings (SSSR count). The molecule has 0 aliphatic carbocycles. The van der Waals surface area contributed by atoms with E-state index in [-0.39, 0.29) is 7.43 Å². The Morgan fingerprint density at radius 1 is 1.21 bits per heavy atom. The number of aryl methyl sites for hydroxylation is 2. The van der Waals surface area contributed by atoms with Crippen molar-refractivity contribution in [2.45, 2.75) is 27.9 Å². The fourth-order valence-corrected chi connectivity index (χ4v) is 1.07. The lowest BCUT2D eigenvalue weighted by Crippen LogP contribution is -2.12. The van der Waals surface area contributed by atoms with Crippen LogP contribution in [0.2, 0.25) is 0 Å². The first kappa shape index (κ1) is 13.1. The number of rotatable bonds is 4. The van der Waals surface area contributed by atoms with Gasteiger partial charge in [0.1, 0.15) is 0 Å². The van der Waals surface area contributed by atoms with Gasteiger partial charge in [0.15, 0.2) is 0 Å². The summed E-state index contributed by atoms with van der Waals surface area (Å²) in [6.07, 6.45) is 0. The summed E-state index contributed by atoms with van der Waals surface area (Å²) in [7, 11) is 1.51. The van der Waals surface area contributed by atoms with Crippen LogP contribution in [0.25, 0.3) is 0 Å². The molecule has 0 saturated carbocycles. The van der Waals surface area contributed by atoms with E-state index in [0.29, 0.717) is 6.61 Å². The summed E-state index contributed by atoms with van der Waals surface area (Å²) in [6, 6.07) is 6.23. The zero-order chi connectivity index (χ0) is 9.68. The lowest BCUT2D eigenvalue weighted by Gasteiger charge is -2.05. The van der Waals surface area contributed by atoms with Crippen molar-refractivity contribution in [2.75, 3.05) is 7.11 Å². The molecule has 0 aliphatic heterocycles. The molecule has 1 N–H and O–H groups in total. The van der Waals surface area contributed by atoms with Crippen LogP contribution in [0.1, 0.15) is 24.1 Å². The Labute approximate surface area is 85.9 Å². The van der Waals surface area contributed by atoms with Crippen molar-refractivity contribution in [1.29, 1.82) is 0 Å². The minimum Gasteiger partial charge on any atom is -0.280 e. The van der Waals surface area contributed by atoms with Gasteiger partial charge in [-0.1, -0.05) is 31.3 Å². The summed E-state index contributed by atoms with van der Waals surface area (Å²) in [5.74, 6) is 0. The van der Waals surface area contributed by atoms with Gasteiger partial charge in [0.25, 0.3) is 0 Å². The molecule has 1 aromatic rings. The van der Waals surface area contributed by atoms with Gasteiger partial charge in [0.05, 0.1) is 13.7 Å². The van der Waals surface area contributed by atoms with Gasteiger partial charge in [-0.2, -0.15) is 0 Å². The second-order valence-corrected chi connectivity index (χ2v) is 2.99. The fourth-order valence-electron chi connectivity index (χ4n) is 1.07. The van der Waals surface area contributed by atoms with Gasteiger partial charge in [-0.15, -0.1) is 0 Å². The van der Waals surface area contributed by atoms with E-state index in [4.69, 9.17) is 4.84 Å². The van der Waals surface area contributed by atoms with Gasteiger partial charge < -0.3 is 0 Å². The second-order valence-electron chi connectivity index (χ2n) is 2.99. The Morgan fingerprint density at radius 3 is 2.50 bits per heavy atom. The fraction of sp³-hybridized carbons (Fsp3) is 0.455. The van der Waals surface area contributed by atoms with Gasteiger partial charge in [-0.25, -0.2) is 0 Å². The summed E-state index contributed by atoms with van der Waals surface area (Å²) in [5, 5.41) is 0. The predicted octanol–water partition coefficient (Wildman–Crippen LogP) is 2.52. The molecule has 0 atom stereocenters. The molecule has 3 heteroatoms. The summed E-state index contributed by atoms with van der Waals surface area (Å²) in [4.78, 5) is 9.54. The van der Waals surface area contributed by atoms with Crippen molar-refractivity contribution in [3.8, 4) is 0 Å². The van der Waals surface area contributed by atoms with Crippen LogP contribution in [0.4, 0.5) is 0 Å². The van der Waals surface area contributed by atoms with E-state index in [9.17, 15) is 0 Å². The van der Waals surface area contributed by atoms with E-state index in [1.54, 1.807) is 0 Å². The minimum absolute atomic E-state index is 0. The zero-order valence-corrected chi connectivity index (χ0v) is 8.26. The Bertz CT molecular complexity index is 274. The third kappa shape index (κ3) is 3.87. The summed E-state index contributed by atoms with van der Waals surface area (Å²) < 4.78 is 0. The normalized spacial score (nSPS) is 9.64. The van der Waals surface area contributed by atoms with Crippen molar-refractivity contribution in [2.24, 2.45) is 0 Å². The van der Waals surface area contributed by atoms with E-state index >= 15 is 0 Å². The molecule has 3 nitrogen and oxygen atoms in total. The third-order valence-corrected chi connectivity index (χ3v) is 1.95. The highest BCUT2D eigenvalue weighted by Crippen LogP contribution is 2.09. The summed E-state index contributed by atoms with van der Waals surface area (Å²) in [5.41, 5.74) is 6.03. The molecule has 80 valence electrons. The van der Waals surface area contributed by atoms with Crippen molar-refractivity contribution in [3.05, 3.63) is 34.9 Å². The molecule has 0 bridgehead atoms. The smallest absolute Gasteiger partial charge is 0.0960 e. The molecule has 0 aliphatic rings. The van der Waals surface area contributed by atoms with Gasteiger partial charge in [-0.3, -0.25) is 9.68 Å². The standard InChI is InChI=1S/C10H15NO2.CH4/c1-8-4-5-10(6-9(8)2)7-13-11-12-3;/h4-6,11H,7H2,1-3H3;1H4.